The number of aromatic nitrogens is 2. The molecule has 0 bridgehead atoms. The molecule has 0 aliphatic carbocycles. The fourth-order valence-electron chi connectivity index (χ4n) is 2.74. The van der Waals surface area contributed by atoms with Crippen molar-refractivity contribution in [2.24, 2.45) is 5.92 Å². The Labute approximate surface area is 144 Å². The normalized spacial score (nSPS) is 22.6. The number of likely N-dealkylation sites (tertiary alicyclic amines) is 1. The third kappa shape index (κ3) is 5.79. The van der Waals surface area contributed by atoms with E-state index in [2.05, 4.69) is 17.3 Å². The lowest BCUT2D eigenvalue weighted by Gasteiger charge is -2.24. The molecule has 0 aromatic carbocycles. The minimum atomic E-state index is -0.514. The van der Waals surface area contributed by atoms with E-state index < -0.39 is 11.7 Å². The molecule has 7 heteroatoms. The molecule has 0 unspecified atom stereocenters. The zero-order valence-electron chi connectivity index (χ0n) is 15.1. The standard InChI is InChI=1S/C17H30N4O3/c1-13(6-9-21-8-5-7-19-21)18-10-14-11-20(12-15(14)22)16(23)24-17(2,3)4/h5,7-8,13-15,18,22H,6,9-12H2,1-4H3/t13-,14-,15+/m1/s1. The highest BCUT2D eigenvalue weighted by atomic mass is 16.6. The molecule has 2 N–H and O–H groups in total. The molecule has 0 saturated carbocycles. The fraction of sp³-hybridized carbons (Fsp3) is 0.765. The summed E-state index contributed by atoms with van der Waals surface area (Å²) in [5.74, 6) is 0.0321. The van der Waals surface area contributed by atoms with Gasteiger partial charge in [0.25, 0.3) is 0 Å². The molecule has 2 heterocycles. The number of carbonyl (C=O) groups excluding carboxylic acids is 1. The second-order valence-electron chi connectivity index (χ2n) is 7.58. The van der Waals surface area contributed by atoms with Gasteiger partial charge in [-0.2, -0.15) is 5.10 Å². The number of β-amino-alcohol motifs (C(OH)–C–C–N with tert-alkyl or cyclic N) is 1. The maximum absolute atomic E-state index is 12.1. The van der Waals surface area contributed by atoms with E-state index in [1.54, 1.807) is 11.1 Å². The fourth-order valence-corrected chi connectivity index (χ4v) is 2.74. The Hall–Kier alpha value is -1.60. The van der Waals surface area contributed by atoms with Crippen molar-refractivity contribution in [1.82, 2.24) is 20.0 Å². The van der Waals surface area contributed by atoms with E-state index in [0.29, 0.717) is 25.7 Å². The van der Waals surface area contributed by atoms with Gasteiger partial charge in [0.05, 0.1) is 12.6 Å². The molecule has 1 aromatic heterocycles. The van der Waals surface area contributed by atoms with Gasteiger partial charge >= 0.3 is 6.09 Å². The van der Waals surface area contributed by atoms with Gasteiger partial charge in [-0.25, -0.2) is 4.79 Å². The lowest BCUT2D eigenvalue weighted by atomic mass is 10.1. The molecule has 7 nitrogen and oxygen atoms in total. The number of ether oxygens (including phenoxy) is 1. The van der Waals surface area contributed by atoms with Crippen LogP contribution in [0.2, 0.25) is 0 Å². The highest BCUT2D eigenvalue weighted by molar-refractivity contribution is 5.68. The summed E-state index contributed by atoms with van der Waals surface area (Å²) in [5.41, 5.74) is -0.514. The van der Waals surface area contributed by atoms with Crippen LogP contribution in [0.25, 0.3) is 0 Å². The van der Waals surface area contributed by atoms with Crippen molar-refractivity contribution in [2.75, 3.05) is 19.6 Å². The van der Waals surface area contributed by atoms with Gasteiger partial charge in [-0.15, -0.1) is 0 Å². The van der Waals surface area contributed by atoms with Crippen molar-refractivity contribution in [3.8, 4) is 0 Å². The van der Waals surface area contributed by atoms with Crippen LogP contribution in [0.15, 0.2) is 18.5 Å². The average molecular weight is 338 g/mol. The zero-order chi connectivity index (χ0) is 17.7. The number of aryl methyl sites for hydroxylation is 1. The average Bonchev–Trinajstić information content (AvgIpc) is 3.10. The Kier molecular flexibility index (Phi) is 6.23. The van der Waals surface area contributed by atoms with Crippen molar-refractivity contribution in [3.05, 3.63) is 18.5 Å². The van der Waals surface area contributed by atoms with Crippen LogP contribution in [0.1, 0.15) is 34.1 Å². The molecule has 1 saturated heterocycles. The predicted octanol–water partition coefficient (Wildman–Crippen LogP) is 1.48. The van der Waals surface area contributed by atoms with E-state index in [9.17, 15) is 9.90 Å². The molecule has 0 radical (unpaired) electrons. The number of amides is 1. The molecule has 1 aliphatic rings. The maximum Gasteiger partial charge on any atom is 0.410 e. The van der Waals surface area contributed by atoms with Crippen molar-refractivity contribution < 1.29 is 14.6 Å². The lowest BCUT2D eigenvalue weighted by Crippen LogP contribution is -2.37. The number of aliphatic hydroxyl groups is 1. The molecule has 2 rings (SSSR count). The van der Waals surface area contributed by atoms with Crippen LogP contribution in [0.5, 0.6) is 0 Å². The summed E-state index contributed by atoms with van der Waals surface area (Å²) >= 11 is 0. The summed E-state index contributed by atoms with van der Waals surface area (Å²) in [7, 11) is 0. The van der Waals surface area contributed by atoms with Gasteiger partial charge in [-0.05, 0) is 40.2 Å². The van der Waals surface area contributed by atoms with Crippen LogP contribution < -0.4 is 5.32 Å². The molecule has 24 heavy (non-hydrogen) atoms. The van der Waals surface area contributed by atoms with Gasteiger partial charge in [0.15, 0.2) is 0 Å². The predicted molar refractivity (Wildman–Crippen MR) is 91.6 cm³/mol. The van der Waals surface area contributed by atoms with Crippen molar-refractivity contribution >= 4 is 6.09 Å². The van der Waals surface area contributed by atoms with E-state index in [0.717, 1.165) is 13.0 Å². The second-order valence-corrected chi connectivity index (χ2v) is 7.58. The van der Waals surface area contributed by atoms with Crippen molar-refractivity contribution in [1.29, 1.82) is 0 Å². The van der Waals surface area contributed by atoms with Crippen molar-refractivity contribution in [3.63, 3.8) is 0 Å². The van der Waals surface area contributed by atoms with Crippen LogP contribution in [0, 0.1) is 5.92 Å². The molecular weight excluding hydrogens is 308 g/mol. The summed E-state index contributed by atoms with van der Waals surface area (Å²) in [6.45, 7) is 10.1. The Morgan fingerprint density at radius 3 is 2.83 bits per heavy atom. The number of rotatable bonds is 6. The number of aliphatic hydroxyl groups excluding tert-OH is 1. The Bertz CT molecular complexity index is 512. The third-order valence-electron chi connectivity index (χ3n) is 4.14. The van der Waals surface area contributed by atoms with Crippen LogP contribution in [0.4, 0.5) is 4.79 Å². The largest absolute Gasteiger partial charge is 0.444 e. The minimum Gasteiger partial charge on any atom is -0.444 e. The topological polar surface area (TPSA) is 79.6 Å². The SMILES string of the molecule is C[C@H](CCn1cccn1)NC[C@@H]1CN(C(=O)OC(C)(C)C)C[C@@H]1O. The molecule has 1 amide bonds. The molecule has 136 valence electrons. The molecule has 1 aliphatic heterocycles. The third-order valence-corrected chi connectivity index (χ3v) is 4.14. The van der Waals surface area contributed by atoms with Crippen LogP contribution >= 0.6 is 0 Å². The lowest BCUT2D eigenvalue weighted by molar-refractivity contribution is 0.0270. The summed E-state index contributed by atoms with van der Waals surface area (Å²) in [6, 6.07) is 2.23. The quantitative estimate of drug-likeness (QED) is 0.821. The van der Waals surface area contributed by atoms with Gasteiger partial charge in [0.2, 0.25) is 0 Å². The molecule has 0 spiro atoms. The Balaban J connectivity index is 1.71. The van der Waals surface area contributed by atoms with E-state index in [1.165, 1.54) is 0 Å². The summed E-state index contributed by atoms with van der Waals surface area (Å²) in [5, 5.41) is 17.8. The highest BCUT2D eigenvalue weighted by Crippen LogP contribution is 2.19. The highest BCUT2D eigenvalue weighted by Gasteiger charge is 2.35. The number of hydrogen-bond acceptors (Lipinski definition) is 5. The summed E-state index contributed by atoms with van der Waals surface area (Å²) in [6.07, 6.45) is 3.82. The second kappa shape index (κ2) is 7.98. The molecular formula is C17H30N4O3. The van der Waals surface area contributed by atoms with Gasteiger partial charge in [-0.3, -0.25) is 4.68 Å². The van der Waals surface area contributed by atoms with E-state index in [4.69, 9.17) is 4.74 Å². The first-order chi connectivity index (χ1) is 11.2. The first-order valence-electron chi connectivity index (χ1n) is 8.61. The zero-order valence-corrected chi connectivity index (χ0v) is 15.1. The van der Waals surface area contributed by atoms with Gasteiger partial charge in [0.1, 0.15) is 5.60 Å². The van der Waals surface area contributed by atoms with Gasteiger partial charge in [-0.1, -0.05) is 0 Å². The number of carbonyl (C=O) groups is 1. The molecule has 3 atom stereocenters. The van der Waals surface area contributed by atoms with Crippen LogP contribution in [-0.4, -0.2) is 63.3 Å². The Morgan fingerprint density at radius 1 is 1.46 bits per heavy atom. The van der Waals surface area contributed by atoms with Crippen LogP contribution in [0.3, 0.4) is 0 Å². The summed E-state index contributed by atoms with van der Waals surface area (Å²) < 4.78 is 7.28. The molecule has 1 fully saturated rings. The monoisotopic (exact) mass is 338 g/mol. The number of nitrogens with one attached hydrogen (secondary N) is 1. The first kappa shape index (κ1) is 18.7. The van der Waals surface area contributed by atoms with E-state index in [1.807, 2.05) is 37.7 Å². The smallest absolute Gasteiger partial charge is 0.410 e. The number of nitrogens with zero attached hydrogens (tertiary/aromatic N) is 3. The van der Waals surface area contributed by atoms with Crippen LogP contribution in [-0.2, 0) is 11.3 Å². The van der Waals surface area contributed by atoms with Gasteiger partial charge < -0.3 is 20.1 Å². The van der Waals surface area contributed by atoms with E-state index in [-0.39, 0.29) is 12.0 Å². The summed E-state index contributed by atoms with van der Waals surface area (Å²) in [4.78, 5) is 13.7. The van der Waals surface area contributed by atoms with Gasteiger partial charge in [0, 0.05) is 44.0 Å². The Morgan fingerprint density at radius 2 is 2.21 bits per heavy atom. The first-order valence-corrected chi connectivity index (χ1v) is 8.61. The van der Waals surface area contributed by atoms with E-state index >= 15 is 0 Å². The molecule has 1 aromatic rings. The minimum absolute atomic E-state index is 0.0321. The number of hydrogen-bond donors (Lipinski definition) is 2. The maximum atomic E-state index is 12.1. The van der Waals surface area contributed by atoms with Crippen molar-refractivity contribution in [2.45, 2.75) is 58.4 Å².